The summed E-state index contributed by atoms with van der Waals surface area (Å²) in [7, 11) is 0. The average molecular weight is 414 g/mol. The van der Waals surface area contributed by atoms with Crippen LogP contribution in [0.2, 0.25) is 10.0 Å². The Morgan fingerprint density at radius 1 is 1.04 bits per heavy atom. The molecule has 138 valence electrons. The zero-order valence-electron chi connectivity index (χ0n) is 14.1. The minimum Gasteiger partial charge on any atom is -0.343 e. The van der Waals surface area contributed by atoms with E-state index in [1.165, 1.54) is 29.5 Å². The lowest BCUT2D eigenvalue weighted by Gasteiger charge is -2.08. The summed E-state index contributed by atoms with van der Waals surface area (Å²) < 4.78 is 0. The summed E-state index contributed by atoms with van der Waals surface area (Å²) in [5.41, 5.74) is 5.91. The van der Waals surface area contributed by atoms with Crippen LogP contribution in [0.5, 0.6) is 0 Å². The summed E-state index contributed by atoms with van der Waals surface area (Å²) in [5.74, 6) is -1.44. The van der Waals surface area contributed by atoms with Gasteiger partial charge in [0, 0.05) is 10.4 Å². The van der Waals surface area contributed by atoms with Crippen LogP contribution < -0.4 is 16.2 Å². The molecule has 0 spiro atoms. The van der Waals surface area contributed by atoms with Crippen LogP contribution in [0, 0.1) is 6.92 Å². The maximum absolute atomic E-state index is 12.0. The first kappa shape index (κ1) is 20.2. The third kappa shape index (κ3) is 5.20. The van der Waals surface area contributed by atoms with Gasteiger partial charge in [0.05, 0.1) is 21.5 Å². The average Bonchev–Trinajstić information content (AvgIpc) is 3.00. The number of hydrogen-bond acceptors (Lipinski definition) is 4. The first-order chi connectivity index (χ1) is 12.3. The number of aryl methyl sites for hydroxylation is 2. The van der Waals surface area contributed by atoms with E-state index in [0.717, 1.165) is 16.9 Å². The SMILES string of the molecule is CCc1sc(C(=O)NNC(=O)CNC(=O)c2ccc(Cl)c(Cl)c2)cc1C. The molecular formula is C17H17Cl2N3O3S. The molecule has 0 unspecified atom stereocenters. The van der Waals surface area contributed by atoms with E-state index in [-0.39, 0.29) is 17.1 Å². The van der Waals surface area contributed by atoms with Crippen LogP contribution in [0.4, 0.5) is 0 Å². The summed E-state index contributed by atoms with van der Waals surface area (Å²) in [6.07, 6.45) is 0.844. The minimum absolute atomic E-state index is 0.244. The second-order valence-corrected chi connectivity index (χ2v) is 7.34. The number of benzene rings is 1. The van der Waals surface area contributed by atoms with E-state index in [1.54, 1.807) is 6.07 Å². The van der Waals surface area contributed by atoms with Gasteiger partial charge < -0.3 is 5.32 Å². The van der Waals surface area contributed by atoms with Crippen molar-refractivity contribution in [3.63, 3.8) is 0 Å². The van der Waals surface area contributed by atoms with Crippen molar-refractivity contribution in [1.82, 2.24) is 16.2 Å². The fourth-order valence-corrected chi connectivity index (χ4v) is 3.42. The summed E-state index contributed by atoms with van der Waals surface area (Å²) in [6, 6.07) is 6.17. The van der Waals surface area contributed by atoms with Crippen LogP contribution in [0.15, 0.2) is 24.3 Å². The summed E-state index contributed by atoms with van der Waals surface area (Å²) in [5, 5.41) is 3.01. The predicted molar refractivity (Wildman–Crippen MR) is 103 cm³/mol. The number of amides is 3. The molecule has 3 N–H and O–H groups in total. The van der Waals surface area contributed by atoms with E-state index in [0.29, 0.717) is 9.90 Å². The van der Waals surface area contributed by atoms with Gasteiger partial charge in [-0.15, -0.1) is 11.3 Å². The van der Waals surface area contributed by atoms with Gasteiger partial charge in [-0.1, -0.05) is 30.1 Å². The van der Waals surface area contributed by atoms with Crippen LogP contribution in [0.3, 0.4) is 0 Å². The fourth-order valence-electron chi connectivity index (χ4n) is 2.11. The van der Waals surface area contributed by atoms with Gasteiger partial charge in [-0.2, -0.15) is 0 Å². The second kappa shape index (κ2) is 9.02. The van der Waals surface area contributed by atoms with E-state index in [4.69, 9.17) is 23.2 Å². The lowest BCUT2D eigenvalue weighted by Crippen LogP contribution is -2.46. The zero-order chi connectivity index (χ0) is 19.3. The van der Waals surface area contributed by atoms with Crippen LogP contribution in [0.1, 0.15) is 37.4 Å². The van der Waals surface area contributed by atoms with Gasteiger partial charge >= 0.3 is 0 Å². The third-order valence-corrected chi connectivity index (χ3v) is 5.59. The lowest BCUT2D eigenvalue weighted by molar-refractivity contribution is -0.120. The highest BCUT2D eigenvalue weighted by Crippen LogP contribution is 2.23. The monoisotopic (exact) mass is 413 g/mol. The quantitative estimate of drug-likeness (QED) is 0.657. The molecule has 9 heteroatoms. The molecule has 0 bridgehead atoms. The van der Waals surface area contributed by atoms with Gasteiger partial charge in [0.1, 0.15) is 0 Å². The van der Waals surface area contributed by atoms with Crippen molar-refractivity contribution in [1.29, 1.82) is 0 Å². The zero-order valence-corrected chi connectivity index (χ0v) is 16.4. The number of nitrogens with one attached hydrogen (secondary N) is 3. The fraction of sp³-hybridized carbons (Fsp3) is 0.235. The number of carbonyl (C=O) groups is 3. The second-order valence-electron chi connectivity index (χ2n) is 5.38. The van der Waals surface area contributed by atoms with Crippen LogP contribution >= 0.6 is 34.5 Å². The number of rotatable bonds is 5. The molecule has 1 aromatic heterocycles. The molecular weight excluding hydrogens is 397 g/mol. The van der Waals surface area contributed by atoms with Gasteiger partial charge in [0.25, 0.3) is 17.7 Å². The van der Waals surface area contributed by atoms with Crippen molar-refractivity contribution in [3.05, 3.63) is 55.2 Å². The summed E-state index contributed by atoms with van der Waals surface area (Å²) in [6.45, 7) is 3.64. The van der Waals surface area contributed by atoms with Crippen molar-refractivity contribution >= 4 is 52.3 Å². The van der Waals surface area contributed by atoms with Gasteiger partial charge in [-0.3, -0.25) is 25.2 Å². The smallest absolute Gasteiger partial charge is 0.279 e. The number of thiophene rings is 1. The molecule has 0 saturated carbocycles. The number of hydrogen-bond donors (Lipinski definition) is 3. The Morgan fingerprint density at radius 2 is 1.77 bits per heavy atom. The Labute approximate surface area is 164 Å². The van der Waals surface area contributed by atoms with Crippen LogP contribution in [-0.2, 0) is 11.2 Å². The molecule has 2 rings (SSSR count). The van der Waals surface area contributed by atoms with Gasteiger partial charge in [-0.05, 0) is 43.2 Å². The van der Waals surface area contributed by atoms with Crippen LogP contribution in [0.25, 0.3) is 0 Å². The largest absolute Gasteiger partial charge is 0.343 e. The van der Waals surface area contributed by atoms with Crippen molar-refractivity contribution in [2.75, 3.05) is 6.54 Å². The summed E-state index contributed by atoms with van der Waals surface area (Å²) in [4.78, 5) is 37.4. The normalized spacial score (nSPS) is 10.3. The molecule has 26 heavy (non-hydrogen) atoms. The van der Waals surface area contributed by atoms with Gasteiger partial charge in [0.15, 0.2) is 0 Å². The molecule has 0 saturated heterocycles. The lowest BCUT2D eigenvalue weighted by atomic mass is 10.2. The molecule has 3 amide bonds. The Kier molecular flexibility index (Phi) is 7.02. The van der Waals surface area contributed by atoms with E-state index in [2.05, 4.69) is 16.2 Å². The van der Waals surface area contributed by atoms with Gasteiger partial charge in [0.2, 0.25) is 0 Å². The Balaban J connectivity index is 1.81. The van der Waals surface area contributed by atoms with Crippen molar-refractivity contribution in [2.45, 2.75) is 20.3 Å². The Bertz CT molecular complexity index is 852. The van der Waals surface area contributed by atoms with Crippen LogP contribution in [-0.4, -0.2) is 24.3 Å². The molecule has 0 aliphatic carbocycles. The highest BCUT2D eigenvalue weighted by atomic mass is 35.5. The third-order valence-electron chi connectivity index (χ3n) is 3.47. The Morgan fingerprint density at radius 3 is 2.38 bits per heavy atom. The van der Waals surface area contributed by atoms with E-state index >= 15 is 0 Å². The summed E-state index contributed by atoms with van der Waals surface area (Å²) >= 11 is 13.0. The van der Waals surface area contributed by atoms with Crippen molar-refractivity contribution in [2.24, 2.45) is 0 Å². The minimum atomic E-state index is -0.559. The van der Waals surface area contributed by atoms with E-state index < -0.39 is 17.7 Å². The highest BCUT2D eigenvalue weighted by molar-refractivity contribution is 7.14. The van der Waals surface area contributed by atoms with E-state index in [9.17, 15) is 14.4 Å². The molecule has 6 nitrogen and oxygen atoms in total. The molecule has 0 aliphatic rings. The molecule has 1 aromatic carbocycles. The first-order valence-corrected chi connectivity index (χ1v) is 9.30. The van der Waals surface area contributed by atoms with Crippen molar-refractivity contribution in [3.8, 4) is 0 Å². The molecule has 2 aromatic rings. The molecule has 1 heterocycles. The molecule has 0 aliphatic heterocycles. The standard InChI is InChI=1S/C17H17Cl2N3O3S/c1-3-13-9(2)6-14(26-13)17(25)22-21-15(23)8-20-16(24)10-4-5-11(18)12(19)7-10/h4-7H,3,8H2,1-2H3,(H,20,24)(H,21,23)(H,22,25). The molecule has 0 fully saturated rings. The number of carbonyl (C=O) groups excluding carboxylic acids is 3. The maximum atomic E-state index is 12.0. The number of halogens is 2. The Hall–Kier alpha value is -2.09. The molecule has 0 atom stereocenters. The first-order valence-electron chi connectivity index (χ1n) is 7.73. The topological polar surface area (TPSA) is 87.3 Å². The number of hydrazine groups is 1. The highest BCUT2D eigenvalue weighted by Gasteiger charge is 2.13. The van der Waals surface area contributed by atoms with Crippen molar-refractivity contribution < 1.29 is 14.4 Å². The molecule has 0 radical (unpaired) electrons. The predicted octanol–water partition coefficient (Wildman–Crippen LogP) is 3.12. The van der Waals surface area contributed by atoms with Gasteiger partial charge in [-0.25, -0.2) is 0 Å². The maximum Gasteiger partial charge on any atom is 0.279 e. The van der Waals surface area contributed by atoms with E-state index in [1.807, 2.05) is 13.8 Å².